The first-order valence-corrected chi connectivity index (χ1v) is 9.55. The minimum atomic E-state index is -0.787. The molecule has 1 aromatic rings. The van der Waals surface area contributed by atoms with E-state index in [1.54, 1.807) is 4.90 Å². The van der Waals surface area contributed by atoms with Gasteiger partial charge in [0.05, 0.1) is 12.5 Å². The Hall–Kier alpha value is -1.92. The molecule has 0 unspecified atom stereocenters. The fraction of sp³-hybridized carbons (Fsp3) is 0.600. The standard InChI is InChI=1S/C20H29N3O3/c1-16-18(20(25)26)8-5-9-23(16)19(24)15-22-12-10-21(11-13-22)14-17-6-3-2-4-7-17/h2-4,6-7,16,18H,5,8-15H2,1H3,(H,25,26)/t16-,18-/m1/s1. The fourth-order valence-corrected chi connectivity index (χ4v) is 4.05. The topological polar surface area (TPSA) is 64.1 Å². The van der Waals surface area contributed by atoms with Gasteiger partial charge in [-0.05, 0) is 25.3 Å². The van der Waals surface area contributed by atoms with E-state index in [0.717, 1.165) is 39.1 Å². The summed E-state index contributed by atoms with van der Waals surface area (Å²) in [6.07, 6.45) is 1.44. The molecule has 2 saturated heterocycles. The molecular formula is C20H29N3O3. The number of likely N-dealkylation sites (tertiary alicyclic amines) is 1. The molecule has 1 aromatic carbocycles. The van der Waals surface area contributed by atoms with Gasteiger partial charge in [-0.2, -0.15) is 0 Å². The van der Waals surface area contributed by atoms with E-state index in [9.17, 15) is 14.7 Å². The number of piperidine rings is 1. The average Bonchev–Trinajstić information content (AvgIpc) is 2.64. The molecule has 0 saturated carbocycles. The Bertz CT molecular complexity index is 614. The van der Waals surface area contributed by atoms with Gasteiger partial charge in [0.1, 0.15) is 0 Å². The molecule has 26 heavy (non-hydrogen) atoms. The number of carboxylic acids is 1. The van der Waals surface area contributed by atoms with Crippen molar-refractivity contribution < 1.29 is 14.7 Å². The predicted octanol–water partition coefficient (Wildman–Crippen LogP) is 1.52. The number of carboxylic acid groups (broad SMARTS) is 1. The minimum absolute atomic E-state index is 0.0694. The lowest BCUT2D eigenvalue weighted by atomic mass is 9.90. The number of benzene rings is 1. The van der Waals surface area contributed by atoms with E-state index in [0.29, 0.717) is 19.5 Å². The number of hydrogen-bond acceptors (Lipinski definition) is 4. The number of carbonyl (C=O) groups is 2. The molecule has 0 aliphatic carbocycles. The normalized spacial score (nSPS) is 25.2. The van der Waals surface area contributed by atoms with E-state index in [1.807, 2.05) is 13.0 Å². The first-order valence-electron chi connectivity index (χ1n) is 9.55. The highest BCUT2D eigenvalue weighted by molar-refractivity contribution is 5.80. The second-order valence-corrected chi connectivity index (χ2v) is 7.45. The Kier molecular flexibility index (Phi) is 6.27. The van der Waals surface area contributed by atoms with Crippen molar-refractivity contribution in [2.75, 3.05) is 39.3 Å². The van der Waals surface area contributed by atoms with Crippen LogP contribution in [-0.4, -0.2) is 77.0 Å². The molecular weight excluding hydrogens is 330 g/mol. The summed E-state index contributed by atoms with van der Waals surface area (Å²) < 4.78 is 0. The zero-order valence-corrected chi connectivity index (χ0v) is 15.5. The first kappa shape index (κ1) is 18.9. The third kappa shape index (κ3) is 4.62. The summed E-state index contributed by atoms with van der Waals surface area (Å²) in [6, 6.07) is 10.2. The molecule has 6 nitrogen and oxygen atoms in total. The molecule has 1 N–H and O–H groups in total. The summed E-state index contributed by atoms with van der Waals surface area (Å²) in [5.41, 5.74) is 1.32. The van der Waals surface area contributed by atoms with Gasteiger partial charge in [-0.3, -0.25) is 19.4 Å². The molecule has 1 amide bonds. The zero-order chi connectivity index (χ0) is 18.5. The Morgan fingerprint density at radius 3 is 2.35 bits per heavy atom. The summed E-state index contributed by atoms with van der Waals surface area (Å²) in [4.78, 5) is 30.4. The van der Waals surface area contributed by atoms with Gasteiger partial charge in [-0.1, -0.05) is 30.3 Å². The van der Waals surface area contributed by atoms with Gasteiger partial charge in [0, 0.05) is 45.3 Å². The monoisotopic (exact) mass is 359 g/mol. The predicted molar refractivity (Wildman–Crippen MR) is 99.7 cm³/mol. The summed E-state index contributed by atoms with van der Waals surface area (Å²) in [5.74, 6) is -1.15. The van der Waals surface area contributed by atoms with Crippen LogP contribution in [0.4, 0.5) is 0 Å². The summed E-state index contributed by atoms with van der Waals surface area (Å²) in [6.45, 7) is 7.56. The number of nitrogens with zero attached hydrogens (tertiary/aromatic N) is 3. The Labute approximate surface area is 155 Å². The van der Waals surface area contributed by atoms with Crippen molar-refractivity contribution in [1.82, 2.24) is 14.7 Å². The van der Waals surface area contributed by atoms with Crippen LogP contribution in [0.2, 0.25) is 0 Å². The van der Waals surface area contributed by atoms with Gasteiger partial charge in [0.2, 0.25) is 5.91 Å². The quantitative estimate of drug-likeness (QED) is 0.864. The molecule has 0 radical (unpaired) electrons. The van der Waals surface area contributed by atoms with Gasteiger partial charge in [-0.25, -0.2) is 0 Å². The highest BCUT2D eigenvalue weighted by Gasteiger charge is 2.35. The molecule has 0 bridgehead atoms. The van der Waals surface area contributed by atoms with Gasteiger partial charge >= 0.3 is 5.97 Å². The Morgan fingerprint density at radius 2 is 1.69 bits per heavy atom. The van der Waals surface area contributed by atoms with E-state index >= 15 is 0 Å². The number of aliphatic carboxylic acids is 1. The highest BCUT2D eigenvalue weighted by atomic mass is 16.4. The lowest BCUT2D eigenvalue weighted by molar-refractivity contribution is -0.149. The maximum absolute atomic E-state index is 12.7. The second-order valence-electron chi connectivity index (χ2n) is 7.45. The summed E-state index contributed by atoms with van der Waals surface area (Å²) >= 11 is 0. The minimum Gasteiger partial charge on any atom is -0.481 e. The van der Waals surface area contributed by atoms with Gasteiger partial charge in [0.15, 0.2) is 0 Å². The number of piperazine rings is 1. The lowest BCUT2D eigenvalue weighted by Crippen LogP contribution is -2.54. The molecule has 0 aromatic heterocycles. The van der Waals surface area contributed by atoms with Crippen LogP contribution in [-0.2, 0) is 16.1 Å². The molecule has 142 valence electrons. The van der Waals surface area contributed by atoms with Crippen molar-refractivity contribution in [2.24, 2.45) is 5.92 Å². The highest BCUT2D eigenvalue weighted by Crippen LogP contribution is 2.24. The third-order valence-electron chi connectivity index (χ3n) is 5.70. The Morgan fingerprint density at radius 1 is 1.04 bits per heavy atom. The van der Waals surface area contributed by atoms with Crippen LogP contribution in [0.15, 0.2) is 30.3 Å². The smallest absolute Gasteiger partial charge is 0.308 e. The Balaban J connectivity index is 1.46. The van der Waals surface area contributed by atoms with Crippen LogP contribution in [0.1, 0.15) is 25.3 Å². The molecule has 2 aliphatic heterocycles. The van der Waals surface area contributed by atoms with E-state index in [2.05, 4.69) is 34.1 Å². The van der Waals surface area contributed by atoms with Crippen molar-refractivity contribution in [2.45, 2.75) is 32.4 Å². The molecule has 2 aliphatic rings. The van der Waals surface area contributed by atoms with Crippen LogP contribution < -0.4 is 0 Å². The molecule has 3 rings (SSSR count). The van der Waals surface area contributed by atoms with Gasteiger partial charge in [0.25, 0.3) is 0 Å². The maximum atomic E-state index is 12.7. The van der Waals surface area contributed by atoms with Crippen molar-refractivity contribution in [1.29, 1.82) is 0 Å². The molecule has 0 spiro atoms. The van der Waals surface area contributed by atoms with Crippen LogP contribution in [0.5, 0.6) is 0 Å². The van der Waals surface area contributed by atoms with Crippen LogP contribution in [0.25, 0.3) is 0 Å². The number of rotatable bonds is 5. The third-order valence-corrected chi connectivity index (χ3v) is 5.70. The van der Waals surface area contributed by atoms with E-state index < -0.39 is 11.9 Å². The molecule has 2 atom stereocenters. The second kappa shape index (κ2) is 8.64. The molecule has 2 heterocycles. The van der Waals surface area contributed by atoms with Gasteiger partial charge < -0.3 is 10.0 Å². The molecule has 6 heteroatoms. The number of hydrogen-bond donors (Lipinski definition) is 1. The average molecular weight is 359 g/mol. The lowest BCUT2D eigenvalue weighted by Gasteiger charge is -2.40. The van der Waals surface area contributed by atoms with E-state index in [-0.39, 0.29) is 11.9 Å². The molecule has 2 fully saturated rings. The summed E-state index contributed by atoms with van der Waals surface area (Å²) in [5, 5.41) is 9.33. The van der Waals surface area contributed by atoms with Crippen molar-refractivity contribution in [3.05, 3.63) is 35.9 Å². The van der Waals surface area contributed by atoms with Crippen LogP contribution >= 0.6 is 0 Å². The van der Waals surface area contributed by atoms with Crippen molar-refractivity contribution >= 4 is 11.9 Å². The number of carbonyl (C=O) groups excluding carboxylic acids is 1. The fourth-order valence-electron chi connectivity index (χ4n) is 4.05. The van der Waals surface area contributed by atoms with Crippen molar-refractivity contribution in [3.8, 4) is 0 Å². The van der Waals surface area contributed by atoms with E-state index in [1.165, 1.54) is 5.56 Å². The van der Waals surface area contributed by atoms with Crippen molar-refractivity contribution in [3.63, 3.8) is 0 Å². The van der Waals surface area contributed by atoms with E-state index in [4.69, 9.17) is 0 Å². The largest absolute Gasteiger partial charge is 0.481 e. The zero-order valence-electron chi connectivity index (χ0n) is 15.5. The summed E-state index contributed by atoms with van der Waals surface area (Å²) in [7, 11) is 0. The maximum Gasteiger partial charge on any atom is 0.308 e. The SMILES string of the molecule is C[C@@H]1[C@H](C(=O)O)CCCN1C(=O)CN1CCN(Cc2ccccc2)CC1. The van der Waals surface area contributed by atoms with Crippen LogP contribution in [0.3, 0.4) is 0 Å². The number of amides is 1. The van der Waals surface area contributed by atoms with Gasteiger partial charge in [-0.15, -0.1) is 0 Å². The van der Waals surface area contributed by atoms with Crippen LogP contribution in [0, 0.1) is 5.92 Å². The first-order chi connectivity index (χ1) is 12.5.